The third kappa shape index (κ3) is 50.5. The highest BCUT2D eigenvalue weighted by Gasteiger charge is 2.23. The van der Waals surface area contributed by atoms with E-state index in [0.29, 0.717) is 26.1 Å². The van der Waals surface area contributed by atoms with Crippen molar-refractivity contribution in [2.45, 2.75) is 346 Å². The van der Waals surface area contributed by atoms with Gasteiger partial charge in [0.1, 0.15) is 0 Å². The van der Waals surface area contributed by atoms with E-state index in [0.717, 1.165) is 51.4 Å². The molecule has 0 rings (SSSR count). The summed E-state index contributed by atoms with van der Waals surface area (Å²) >= 11 is 1.93. The Morgan fingerprint density at radius 1 is 0.286 bits per heavy atom. The van der Waals surface area contributed by atoms with Crippen molar-refractivity contribution in [3.8, 4) is 0 Å². The highest BCUT2D eigenvalue weighted by Crippen LogP contribution is 2.32. The molecule has 0 bridgehead atoms. The number of rotatable bonds is 54. The molecule has 0 N–H and O–H groups in total. The maximum Gasteiger partial charge on any atom is 0.306 e. The van der Waals surface area contributed by atoms with Crippen LogP contribution in [0.5, 0.6) is 0 Å². The molecular weight excluding hydrogens is 793 g/mol. The highest BCUT2D eigenvalue weighted by atomic mass is 32.2. The fourth-order valence-electron chi connectivity index (χ4n) is 9.18. The molecule has 0 radical (unpaired) electrons. The van der Waals surface area contributed by atoms with Crippen molar-refractivity contribution in [2.75, 3.05) is 13.2 Å². The van der Waals surface area contributed by atoms with E-state index in [4.69, 9.17) is 9.47 Å². The van der Waals surface area contributed by atoms with Crippen LogP contribution in [0.1, 0.15) is 336 Å². The second-order valence-corrected chi connectivity index (χ2v) is 21.6. The maximum atomic E-state index is 13.3. The minimum Gasteiger partial charge on any atom is -0.466 e. The molecule has 0 saturated carbocycles. The lowest BCUT2D eigenvalue weighted by molar-refractivity contribution is -0.144. The quantitative estimate of drug-likeness (QED) is 0.0450. The molecule has 0 fully saturated rings. The van der Waals surface area contributed by atoms with Crippen LogP contribution in [0.4, 0.5) is 0 Å². The van der Waals surface area contributed by atoms with Gasteiger partial charge in [0.05, 0.1) is 26.1 Å². The number of esters is 2. The minimum atomic E-state index is -0.0325. The van der Waals surface area contributed by atoms with Crippen molar-refractivity contribution in [1.29, 1.82) is 0 Å². The standard InChI is InChI=1S/C58H114O4S/c1-5-9-13-17-21-25-29-31-35-39-43-47-51-61-57(59)53-55(49-45-41-37-33-27-23-19-15-11-7-3)63-56(50-46-42-38-34-28-24-20-16-12-8-4)54-58(60)62-52-48-44-40-36-32-30-26-22-18-14-10-6-2/h55-56H,5-54H2,1-4H3. The molecular formula is C58H114O4S. The van der Waals surface area contributed by atoms with Crippen molar-refractivity contribution < 1.29 is 19.1 Å². The summed E-state index contributed by atoms with van der Waals surface area (Å²) in [7, 11) is 0. The third-order valence-corrected chi connectivity index (χ3v) is 15.0. The van der Waals surface area contributed by atoms with Crippen molar-refractivity contribution in [2.24, 2.45) is 0 Å². The Morgan fingerprint density at radius 2 is 0.476 bits per heavy atom. The van der Waals surface area contributed by atoms with Crippen LogP contribution in [0, 0.1) is 0 Å². The van der Waals surface area contributed by atoms with Crippen LogP contribution in [-0.4, -0.2) is 35.7 Å². The zero-order valence-corrected chi connectivity index (χ0v) is 44.4. The summed E-state index contributed by atoms with van der Waals surface area (Å²) in [6, 6.07) is 0. The molecule has 0 heterocycles. The van der Waals surface area contributed by atoms with E-state index in [1.165, 1.54) is 244 Å². The van der Waals surface area contributed by atoms with E-state index >= 15 is 0 Å². The van der Waals surface area contributed by atoms with E-state index in [9.17, 15) is 9.59 Å². The highest BCUT2D eigenvalue weighted by molar-refractivity contribution is 8.00. The molecule has 2 atom stereocenters. The second-order valence-electron chi connectivity index (χ2n) is 19.9. The van der Waals surface area contributed by atoms with Crippen LogP contribution in [0.25, 0.3) is 0 Å². The number of carbonyl (C=O) groups is 2. The van der Waals surface area contributed by atoms with Crippen LogP contribution < -0.4 is 0 Å². The van der Waals surface area contributed by atoms with Gasteiger partial charge in [-0.15, -0.1) is 0 Å². The summed E-state index contributed by atoms with van der Waals surface area (Å²) in [5.74, 6) is -0.0650. The van der Waals surface area contributed by atoms with Crippen LogP contribution in [0.3, 0.4) is 0 Å². The second kappa shape index (κ2) is 53.9. The van der Waals surface area contributed by atoms with Crippen molar-refractivity contribution in [3.63, 3.8) is 0 Å². The lowest BCUT2D eigenvalue weighted by atomic mass is 10.0. The number of hydrogen-bond acceptors (Lipinski definition) is 5. The Labute approximate surface area is 400 Å². The van der Waals surface area contributed by atoms with Gasteiger partial charge in [-0.05, 0) is 25.7 Å². The number of carbonyl (C=O) groups excluding carboxylic acids is 2. The number of ether oxygens (including phenoxy) is 2. The van der Waals surface area contributed by atoms with E-state index in [-0.39, 0.29) is 22.4 Å². The fourth-order valence-corrected chi connectivity index (χ4v) is 10.8. The summed E-state index contributed by atoms with van der Waals surface area (Å²) < 4.78 is 11.8. The van der Waals surface area contributed by atoms with Gasteiger partial charge < -0.3 is 9.47 Å². The Kier molecular flexibility index (Phi) is 53.3. The average molecular weight is 908 g/mol. The Bertz CT molecular complexity index is 824. The molecule has 4 nitrogen and oxygen atoms in total. The van der Waals surface area contributed by atoms with E-state index in [1.54, 1.807) is 0 Å². The molecule has 0 aromatic carbocycles. The zero-order chi connectivity index (χ0) is 45.8. The molecule has 376 valence electrons. The Morgan fingerprint density at radius 3 is 0.698 bits per heavy atom. The normalized spacial score (nSPS) is 12.5. The SMILES string of the molecule is CCCCCCCCCCCCCCOC(=O)CC(CCCCCCCCCCCC)SC(CCCCCCCCCCCC)CC(=O)OCCCCCCCCCCCCCC. The summed E-state index contributed by atoms with van der Waals surface area (Å²) in [6.07, 6.45) is 60.9. The van der Waals surface area contributed by atoms with Crippen molar-refractivity contribution >= 4 is 23.7 Å². The monoisotopic (exact) mass is 907 g/mol. The lowest BCUT2D eigenvalue weighted by Gasteiger charge is -2.23. The van der Waals surface area contributed by atoms with Crippen molar-refractivity contribution in [1.82, 2.24) is 0 Å². The molecule has 0 aliphatic rings. The molecule has 5 heteroatoms. The van der Waals surface area contributed by atoms with Crippen LogP contribution >= 0.6 is 11.8 Å². The van der Waals surface area contributed by atoms with Crippen LogP contribution in [-0.2, 0) is 19.1 Å². The molecule has 0 aromatic heterocycles. The topological polar surface area (TPSA) is 52.6 Å². The molecule has 0 aliphatic carbocycles. The van der Waals surface area contributed by atoms with Gasteiger partial charge in [-0.1, -0.05) is 297 Å². The van der Waals surface area contributed by atoms with Gasteiger partial charge in [0, 0.05) is 10.5 Å². The maximum absolute atomic E-state index is 13.3. The summed E-state index contributed by atoms with van der Waals surface area (Å²) in [5, 5.41) is 0.427. The summed E-state index contributed by atoms with van der Waals surface area (Å²) in [5.41, 5.74) is 0. The van der Waals surface area contributed by atoms with Gasteiger partial charge in [0.2, 0.25) is 0 Å². The van der Waals surface area contributed by atoms with Gasteiger partial charge in [-0.3, -0.25) is 9.59 Å². The summed E-state index contributed by atoms with van der Waals surface area (Å²) in [6.45, 7) is 10.3. The predicted octanol–water partition coefficient (Wildman–Crippen LogP) is 20.3. The average Bonchev–Trinajstić information content (AvgIpc) is 3.28. The zero-order valence-electron chi connectivity index (χ0n) is 43.6. The molecule has 0 aliphatic heterocycles. The van der Waals surface area contributed by atoms with Gasteiger partial charge in [0.25, 0.3) is 0 Å². The first-order chi connectivity index (χ1) is 31.1. The molecule has 0 amide bonds. The number of hydrogen-bond donors (Lipinski definition) is 0. The molecule has 0 aromatic rings. The first kappa shape index (κ1) is 62.3. The predicted molar refractivity (Wildman–Crippen MR) is 281 cm³/mol. The van der Waals surface area contributed by atoms with E-state index in [1.807, 2.05) is 11.8 Å². The first-order valence-corrected chi connectivity index (χ1v) is 30.0. The van der Waals surface area contributed by atoms with E-state index < -0.39 is 0 Å². The van der Waals surface area contributed by atoms with Gasteiger partial charge in [-0.25, -0.2) is 0 Å². The fraction of sp³-hybridized carbons (Fsp3) is 0.966. The van der Waals surface area contributed by atoms with Gasteiger partial charge >= 0.3 is 11.9 Å². The largest absolute Gasteiger partial charge is 0.466 e. The van der Waals surface area contributed by atoms with Crippen molar-refractivity contribution in [3.05, 3.63) is 0 Å². The Balaban J connectivity index is 5.00. The number of unbranched alkanes of at least 4 members (excludes halogenated alkanes) is 40. The van der Waals surface area contributed by atoms with Crippen LogP contribution in [0.15, 0.2) is 0 Å². The smallest absolute Gasteiger partial charge is 0.306 e. The molecule has 2 unspecified atom stereocenters. The summed E-state index contributed by atoms with van der Waals surface area (Å²) in [4.78, 5) is 26.6. The van der Waals surface area contributed by atoms with Gasteiger partial charge in [-0.2, -0.15) is 11.8 Å². The number of thioether (sulfide) groups is 1. The lowest BCUT2D eigenvalue weighted by Crippen LogP contribution is -2.21. The van der Waals surface area contributed by atoms with Gasteiger partial charge in [0.15, 0.2) is 0 Å². The van der Waals surface area contributed by atoms with E-state index in [2.05, 4.69) is 27.7 Å². The Hall–Kier alpha value is -0.710. The first-order valence-electron chi connectivity index (χ1n) is 29.0. The molecule has 0 saturated heterocycles. The van der Waals surface area contributed by atoms with Crippen LogP contribution in [0.2, 0.25) is 0 Å². The minimum absolute atomic E-state index is 0.0325. The molecule has 63 heavy (non-hydrogen) atoms. The molecule has 0 spiro atoms. The third-order valence-electron chi connectivity index (χ3n) is 13.5.